The fraction of sp³-hybridized carbons (Fsp3) is 0.300. The third kappa shape index (κ3) is 1.36. The fourth-order valence-corrected chi connectivity index (χ4v) is 1.91. The molecule has 7 nitrogen and oxygen atoms in total. The molecule has 3 rings (SSSR count). The van der Waals surface area contributed by atoms with Crippen LogP contribution in [0.5, 0.6) is 0 Å². The number of carboxylic acid groups (broad SMARTS) is 1. The van der Waals surface area contributed by atoms with Crippen molar-refractivity contribution in [3.8, 4) is 0 Å². The highest BCUT2D eigenvalue weighted by Crippen LogP contribution is 2.16. The molecule has 1 saturated heterocycles. The number of fused-ring (bicyclic) bond motifs is 1. The first-order valence-corrected chi connectivity index (χ1v) is 5.21. The van der Waals surface area contributed by atoms with E-state index in [9.17, 15) is 9.59 Å². The predicted molar refractivity (Wildman–Crippen MR) is 59.2 cm³/mol. The summed E-state index contributed by atoms with van der Waals surface area (Å²) in [6.45, 7) is 1.61. The van der Waals surface area contributed by atoms with E-state index in [1.54, 1.807) is 4.68 Å². The Morgan fingerprint density at radius 2 is 2.29 bits per heavy atom. The number of aromatic carboxylic acids is 1. The summed E-state index contributed by atoms with van der Waals surface area (Å²) in [5, 5.41) is 16.4. The van der Waals surface area contributed by atoms with Gasteiger partial charge in [-0.05, 0) is 0 Å². The highest BCUT2D eigenvalue weighted by Gasteiger charge is 2.23. The molecular weight excluding hydrogens is 224 g/mol. The SMILES string of the molecule is O=C(O)c1c[nH]c2c(cnn2C2CNC2)c1=O. The standard InChI is InChI=1S/C10H10N4O3/c15-8-6-4-13-14(5-1-11-2-5)9(6)12-3-7(8)10(16)17/h3-5,11H,1-2H2,(H,12,15)(H,16,17). The van der Waals surface area contributed by atoms with Crippen molar-refractivity contribution in [1.82, 2.24) is 20.1 Å². The summed E-state index contributed by atoms with van der Waals surface area (Å²) in [7, 11) is 0. The first kappa shape index (κ1) is 10.0. The Morgan fingerprint density at radius 3 is 2.88 bits per heavy atom. The van der Waals surface area contributed by atoms with Gasteiger partial charge < -0.3 is 15.4 Å². The molecule has 0 aliphatic carbocycles. The summed E-state index contributed by atoms with van der Waals surface area (Å²) >= 11 is 0. The van der Waals surface area contributed by atoms with Crippen LogP contribution in [0, 0.1) is 0 Å². The quantitative estimate of drug-likeness (QED) is 0.654. The number of H-pyrrole nitrogens is 1. The van der Waals surface area contributed by atoms with Gasteiger partial charge in [-0.3, -0.25) is 4.79 Å². The van der Waals surface area contributed by atoms with Crippen molar-refractivity contribution in [1.29, 1.82) is 0 Å². The monoisotopic (exact) mass is 234 g/mol. The topological polar surface area (TPSA) is 100 Å². The number of aromatic nitrogens is 3. The van der Waals surface area contributed by atoms with Crippen LogP contribution in [0.2, 0.25) is 0 Å². The molecule has 0 amide bonds. The molecule has 88 valence electrons. The van der Waals surface area contributed by atoms with Crippen LogP contribution in [0.3, 0.4) is 0 Å². The maximum atomic E-state index is 11.8. The van der Waals surface area contributed by atoms with E-state index in [-0.39, 0.29) is 11.6 Å². The lowest BCUT2D eigenvalue weighted by molar-refractivity contribution is 0.0695. The van der Waals surface area contributed by atoms with Crippen LogP contribution >= 0.6 is 0 Å². The molecule has 0 bridgehead atoms. The number of carbonyl (C=O) groups is 1. The van der Waals surface area contributed by atoms with Crippen LogP contribution in [0.4, 0.5) is 0 Å². The van der Waals surface area contributed by atoms with Crippen molar-refractivity contribution in [3.05, 3.63) is 28.2 Å². The molecule has 0 atom stereocenters. The third-order valence-corrected chi connectivity index (χ3v) is 2.97. The number of nitrogens with zero attached hydrogens (tertiary/aromatic N) is 2. The fourth-order valence-electron chi connectivity index (χ4n) is 1.91. The van der Waals surface area contributed by atoms with Gasteiger partial charge in [0.1, 0.15) is 11.2 Å². The molecule has 2 aromatic rings. The lowest BCUT2D eigenvalue weighted by atomic mass is 10.2. The average Bonchev–Trinajstić information content (AvgIpc) is 2.60. The summed E-state index contributed by atoms with van der Waals surface area (Å²) in [6, 6.07) is 0.221. The number of aromatic amines is 1. The highest BCUT2D eigenvalue weighted by molar-refractivity contribution is 5.91. The van der Waals surface area contributed by atoms with Crippen molar-refractivity contribution >= 4 is 17.0 Å². The molecule has 0 radical (unpaired) electrons. The maximum absolute atomic E-state index is 11.8. The highest BCUT2D eigenvalue weighted by atomic mass is 16.4. The predicted octanol–water partition coefficient (Wildman–Crippen LogP) is -0.433. The largest absolute Gasteiger partial charge is 0.477 e. The smallest absolute Gasteiger partial charge is 0.341 e. The normalized spacial score (nSPS) is 16.0. The first-order valence-electron chi connectivity index (χ1n) is 5.21. The van der Waals surface area contributed by atoms with E-state index in [0.29, 0.717) is 11.0 Å². The lowest BCUT2D eigenvalue weighted by Crippen LogP contribution is -2.43. The zero-order valence-corrected chi connectivity index (χ0v) is 8.80. The number of nitrogens with one attached hydrogen (secondary N) is 2. The molecule has 0 spiro atoms. The minimum atomic E-state index is -1.23. The van der Waals surface area contributed by atoms with E-state index >= 15 is 0 Å². The van der Waals surface area contributed by atoms with Gasteiger partial charge in [-0.1, -0.05) is 0 Å². The van der Waals surface area contributed by atoms with Crippen molar-refractivity contribution in [3.63, 3.8) is 0 Å². The Labute approximate surface area is 95.1 Å². The molecule has 17 heavy (non-hydrogen) atoms. The van der Waals surface area contributed by atoms with Crippen LogP contribution < -0.4 is 10.7 Å². The molecule has 0 saturated carbocycles. The van der Waals surface area contributed by atoms with Gasteiger partial charge in [0.05, 0.1) is 17.6 Å². The molecule has 1 fully saturated rings. The second-order valence-corrected chi connectivity index (χ2v) is 4.00. The molecule has 1 aliphatic heterocycles. The molecule has 3 N–H and O–H groups in total. The number of pyridine rings is 1. The molecular formula is C10H10N4O3. The Hall–Kier alpha value is -2.15. The molecule has 1 aliphatic rings. The third-order valence-electron chi connectivity index (χ3n) is 2.97. The Balaban J connectivity index is 2.22. The summed E-state index contributed by atoms with van der Waals surface area (Å²) < 4.78 is 1.72. The zero-order valence-electron chi connectivity index (χ0n) is 8.80. The summed E-state index contributed by atoms with van der Waals surface area (Å²) in [5.41, 5.74) is -0.180. The van der Waals surface area contributed by atoms with Gasteiger partial charge in [-0.15, -0.1) is 0 Å². The van der Waals surface area contributed by atoms with E-state index in [4.69, 9.17) is 5.11 Å². The van der Waals surface area contributed by atoms with E-state index in [2.05, 4.69) is 15.4 Å². The van der Waals surface area contributed by atoms with Gasteiger partial charge in [0.15, 0.2) is 0 Å². The summed E-state index contributed by atoms with van der Waals surface area (Å²) in [6.07, 6.45) is 2.64. The molecule has 0 unspecified atom stereocenters. The van der Waals surface area contributed by atoms with Crippen molar-refractivity contribution < 1.29 is 9.90 Å². The second kappa shape index (κ2) is 3.42. The lowest BCUT2D eigenvalue weighted by Gasteiger charge is -2.27. The van der Waals surface area contributed by atoms with Crippen LogP contribution in [-0.2, 0) is 0 Å². The van der Waals surface area contributed by atoms with Crippen molar-refractivity contribution in [2.24, 2.45) is 0 Å². The van der Waals surface area contributed by atoms with Gasteiger partial charge in [-0.25, -0.2) is 9.48 Å². The Kier molecular flexibility index (Phi) is 2.02. The first-order chi connectivity index (χ1) is 8.18. The minimum Gasteiger partial charge on any atom is -0.477 e. The van der Waals surface area contributed by atoms with E-state index in [1.807, 2.05) is 0 Å². The maximum Gasteiger partial charge on any atom is 0.341 e. The number of carboxylic acids is 1. The van der Waals surface area contributed by atoms with Crippen molar-refractivity contribution in [2.45, 2.75) is 6.04 Å². The van der Waals surface area contributed by atoms with Gasteiger partial charge >= 0.3 is 5.97 Å². The van der Waals surface area contributed by atoms with Crippen molar-refractivity contribution in [2.75, 3.05) is 13.1 Å². The summed E-state index contributed by atoms with van der Waals surface area (Å²) in [5.74, 6) is -1.23. The molecule has 7 heteroatoms. The number of hydrogen-bond donors (Lipinski definition) is 3. The zero-order chi connectivity index (χ0) is 12.0. The minimum absolute atomic E-state index is 0.221. The molecule has 2 aromatic heterocycles. The molecule has 0 aromatic carbocycles. The van der Waals surface area contributed by atoms with Crippen LogP contribution in [0.25, 0.3) is 11.0 Å². The molecule has 3 heterocycles. The van der Waals surface area contributed by atoms with Crippen LogP contribution in [-0.4, -0.2) is 38.9 Å². The van der Waals surface area contributed by atoms with E-state index in [0.717, 1.165) is 13.1 Å². The summed E-state index contributed by atoms with van der Waals surface area (Å²) in [4.78, 5) is 25.5. The Bertz CT molecular complexity index is 653. The average molecular weight is 234 g/mol. The second-order valence-electron chi connectivity index (χ2n) is 4.00. The van der Waals surface area contributed by atoms with E-state index in [1.165, 1.54) is 12.4 Å². The van der Waals surface area contributed by atoms with Gasteiger partial charge in [0, 0.05) is 19.3 Å². The Morgan fingerprint density at radius 1 is 1.53 bits per heavy atom. The van der Waals surface area contributed by atoms with E-state index < -0.39 is 11.4 Å². The number of hydrogen-bond acceptors (Lipinski definition) is 4. The van der Waals surface area contributed by atoms with Gasteiger partial charge in [0.2, 0.25) is 5.43 Å². The number of rotatable bonds is 2. The van der Waals surface area contributed by atoms with Gasteiger partial charge in [0.25, 0.3) is 0 Å². The van der Waals surface area contributed by atoms with Crippen LogP contribution in [0.1, 0.15) is 16.4 Å². The van der Waals surface area contributed by atoms with Crippen LogP contribution in [0.15, 0.2) is 17.2 Å². The van der Waals surface area contributed by atoms with Gasteiger partial charge in [-0.2, -0.15) is 5.10 Å².